The van der Waals surface area contributed by atoms with E-state index in [4.69, 9.17) is 4.74 Å². The summed E-state index contributed by atoms with van der Waals surface area (Å²) in [5.41, 5.74) is 3.87. The summed E-state index contributed by atoms with van der Waals surface area (Å²) in [6, 6.07) is 12.0. The Hall–Kier alpha value is -3.06. The van der Waals surface area contributed by atoms with Crippen LogP contribution < -0.4 is 5.32 Å². The molecule has 1 atom stereocenters. The second kappa shape index (κ2) is 8.82. The number of likely N-dealkylation sites (tertiary alicyclic amines) is 1. The van der Waals surface area contributed by atoms with Crippen molar-refractivity contribution in [3.63, 3.8) is 0 Å². The van der Waals surface area contributed by atoms with Crippen LogP contribution in [0.5, 0.6) is 0 Å². The molecule has 32 heavy (non-hydrogen) atoms. The zero-order chi connectivity index (χ0) is 22.9. The second-order valence-electron chi connectivity index (χ2n) is 9.34. The lowest BCUT2D eigenvalue weighted by Gasteiger charge is -2.22. The van der Waals surface area contributed by atoms with Crippen LogP contribution in [0.1, 0.15) is 43.9 Å². The number of nitrogens with one attached hydrogen (secondary N) is 1. The van der Waals surface area contributed by atoms with Crippen molar-refractivity contribution in [2.45, 2.75) is 39.3 Å². The molecule has 0 saturated carbocycles. The first-order chi connectivity index (χ1) is 15.2. The minimum Gasteiger partial charge on any atom is -0.459 e. The Balaban J connectivity index is 1.38. The molecule has 6 nitrogen and oxygen atoms in total. The van der Waals surface area contributed by atoms with Gasteiger partial charge in [-0.05, 0) is 75.7 Å². The molecule has 2 heterocycles. The molecule has 1 N–H and O–H groups in total. The van der Waals surface area contributed by atoms with Crippen molar-refractivity contribution in [2.75, 3.05) is 25.0 Å². The van der Waals surface area contributed by atoms with Gasteiger partial charge in [0.1, 0.15) is 11.4 Å². The number of rotatable bonds is 5. The van der Waals surface area contributed by atoms with E-state index in [0.717, 1.165) is 22.4 Å². The Morgan fingerprint density at radius 1 is 1.19 bits per heavy atom. The minimum atomic E-state index is -0.517. The van der Waals surface area contributed by atoms with Gasteiger partial charge in [-0.2, -0.15) is 0 Å². The molecule has 1 fully saturated rings. The highest BCUT2D eigenvalue weighted by molar-refractivity contribution is 6.15. The number of ether oxygens (including phenoxy) is 1. The summed E-state index contributed by atoms with van der Waals surface area (Å²) in [7, 11) is 0. The van der Waals surface area contributed by atoms with E-state index in [-0.39, 0.29) is 30.2 Å². The minimum absolute atomic E-state index is 0.0603. The highest BCUT2D eigenvalue weighted by Crippen LogP contribution is 2.27. The molecular formula is C25H28FN3O3. The molecule has 1 saturated heterocycles. The number of hydrogen-bond acceptors (Lipinski definition) is 5. The average Bonchev–Trinajstić information content (AvgIpc) is 3.34. The molecular weight excluding hydrogens is 409 g/mol. The number of anilines is 1. The molecule has 1 unspecified atom stereocenters. The number of fused-ring (bicyclic) bond motifs is 1. The van der Waals surface area contributed by atoms with Gasteiger partial charge in [0.05, 0.1) is 24.7 Å². The topological polar surface area (TPSA) is 71.0 Å². The number of carbonyl (C=O) groups is 2. The van der Waals surface area contributed by atoms with E-state index in [1.54, 1.807) is 12.1 Å². The van der Waals surface area contributed by atoms with Crippen LogP contribution in [0, 0.1) is 11.7 Å². The highest BCUT2D eigenvalue weighted by Gasteiger charge is 2.30. The van der Waals surface area contributed by atoms with Gasteiger partial charge in [0.2, 0.25) is 5.91 Å². The van der Waals surface area contributed by atoms with E-state index >= 15 is 0 Å². The third-order valence-electron chi connectivity index (χ3n) is 5.57. The standard InChI is InChI=1S/C25H28FN3O3/c1-25(2,3)32-22(30)15-29-11-10-18(14-29)24(31)28-20-9-6-17-13-27-23(21(17)12-20)16-4-7-19(26)8-5-16/h4-9,12,18H,10-11,13-15H2,1-3H3,(H,28,31). The van der Waals surface area contributed by atoms with Crippen LogP contribution in [0.3, 0.4) is 0 Å². The number of halogens is 1. The first-order valence-corrected chi connectivity index (χ1v) is 10.9. The van der Waals surface area contributed by atoms with Crippen LogP contribution in [0.4, 0.5) is 10.1 Å². The Morgan fingerprint density at radius 2 is 1.94 bits per heavy atom. The monoisotopic (exact) mass is 437 g/mol. The fraction of sp³-hybridized carbons (Fsp3) is 0.400. The van der Waals surface area contributed by atoms with Crippen LogP contribution in [-0.2, 0) is 20.9 Å². The van der Waals surface area contributed by atoms with Crippen molar-refractivity contribution in [3.05, 3.63) is 65.0 Å². The number of benzene rings is 2. The summed E-state index contributed by atoms with van der Waals surface area (Å²) < 4.78 is 18.7. The highest BCUT2D eigenvalue weighted by atomic mass is 19.1. The van der Waals surface area contributed by atoms with Crippen molar-refractivity contribution in [3.8, 4) is 0 Å². The van der Waals surface area contributed by atoms with E-state index in [0.29, 0.717) is 31.7 Å². The van der Waals surface area contributed by atoms with Crippen LogP contribution in [0.2, 0.25) is 0 Å². The van der Waals surface area contributed by atoms with Crippen molar-refractivity contribution < 1.29 is 18.7 Å². The second-order valence-corrected chi connectivity index (χ2v) is 9.34. The quantitative estimate of drug-likeness (QED) is 0.723. The first kappa shape index (κ1) is 22.1. The average molecular weight is 438 g/mol. The summed E-state index contributed by atoms with van der Waals surface area (Å²) in [5, 5.41) is 3.01. The predicted molar refractivity (Wildman–Crippen MR) is 121 cm³/mol. The summed E-state index contributed by atoms with van der Waals surface area (Å²) in [5.74, 6) is -0.804. The maximum absolute atomic E-state index is 13.3. The van der Waals surface area contributed by atoms with Gasteiger partial charge in [0, 0.05) is 23.4 Å². The van der Waals surface area contributed by atoms with E-state index in [1.165, 1.54) is 12.1 Å². The Kier molecular flexibility index (Phi) is 6.11. The number of amides is 1. The summed E-state index contributed by atoms with van der Waals surface area (Å²) in [6.45, 7) is 7.49. The van der Waals surface area contributed by atoms with Crippen LogP contribution in [0.15, 0.2) is 47.5 Å². The Bertz CT molecular complexity index is 1060. The molecule has 1 amide bonds. The number of hydrogen-bond donors (Lipinski definition) is 1. The van der Waals surface area contributed by atoms with E-state index < -0.39 is 5.60 Å². The van der Waals surface area contributed by atoms with Gasteiger partial charge in [-0.1, -0.05) is 6.07 Å². The van der Waals surface area contributed by atoms with E-state index in [2.05, 4.69) is 10.3 Å². The molecule has 0 radical (unpaired) electrons. The van der Waals surface area contributed by atoms with E-state index in [1.807, 2.05) is 43.9 Å². The molecule has 0 aromatic heterocycles. The zero-order valence-electron chi connectivity index (χ0n) is 18.7. The summed E-state index contributed by atoms with van der Waals surface area (Å²) in [6.07, 6.45) is 0.696. The normalized spacial score (nSPS) is 18.2. The van der Waals surface area contributed by atoms with Crippen molar-refractivity contribution in [1.29, 1.82) is 0 Å². The van der Waals surface area contributed by atoms with Crippen LogP contribution in [-0.4, -0.2) is 47.7 Å². The number of aliphatic imine (C=N–C) groups is 1. The van der Waals surface area contributed by atoms with Gasteiger partial charge in [-0.15, -0.1) is 0 Å². The molecule has 7 heteroatoms. The van der Waals surface area contributed by atoms with Crippen molar-refractivity contribution in [2.24, 2.45) is 10.9 Å². The molecule has 4 rings (SSSR count). The molecule has 168 valence electrons. The molecule has 2 aromatic rings. The molecule has 2 aliphatic rings. The largest absolute Gasteiger partial charge is 0.459 e. The Labute approximate surface area is 187 Å². The Morgan fingerprint density at radius 3 is 2.66 bits per heavy atom. The van der Waals surface area contributed by atoms with Gasteiger partial charge >= 0.3 is 5.97 Å². The third kappa shape index (κ3) is 5.22. The van der Waals surface area contributed by atoms with E-state index in [9.17, 15) is 14.0 Å². The van der Waals surface area contributed by atoms with Crippen LogP contribution in [0.25, 0.3) is 0 Å². The fourth-order valence-corrected chi connectivity index (χ4v) is 4.11. The number of nitrogens with zero attached hydrogens (tertiary/aromatic N) is 2. The summed E-state index contributed by atoms with van der Waals surface area (Å²) >= 11 is 0. The number of esters is 1. The fourth-order valence-electron chi connectivity index (χ4n) is 4.11. The maximum Gasteiger partial charge on any atom is 0.320 e. The predicted octanol–water partition coefficient (Wildman–Crippen LogP) is 3.78. The smallest absolute Gasteiger partial charge is 0.320 e. The molecule has 0 bridgehead atoms. The lowest BCUT2D eigenvalue weighted by Crippen LogP contribution is -2.34. The maximum atomic E-state index is 13.3. The van der Waals surface area contributed by atoms with Gasteiger partial charge in [-0.25, -0.2) is 4.39 Å². The molecule has 2 aromatic carbocycles. The lowest BCUT2D eigenvalue weighted by atomic mass is 9.99. The van der Waals surface area contributed by atoms with Gasteiger partial charge < -0.3 is 10.1 Å². The first-order valence-electron chi connectivity index (χ1n) is 10.9. The van der Waals surface area contributed by atoms with Gasteiger partial charge in [-0.3, -0.25) is 19.5 Å². The van der Waals surface area contributed by atoms with Crippen LogP contribution >= 0.6 is 0 Å². The summed E-state index contributed by atoms with van der Waals surface area (Å²) in [4.78, 5) is 31.5. The van der Waals surface area contributed by atoms with Gasteiger partial charge in [0.15, 0.2) is 0 Å². The molecule has 0 aliphatic carbocycles. The van der Waals surface area contributed by atoms with Crippen molar-refractivity contribution in [1.82, 2.24) is 4.90 Å². The van der Waals surface area contributed by atoms with Gasteiger partial charge in [0.25, 0.3) is 0 Å². The lowest BCUT2D eigenvalue weighted by molar-refractivity contribution is -0.156. The number of carbonyl (C=O) groups excluding carboxylic acids is 2. The zero-order valence-corrected chi connectivity index (χ0v) is 18.7. The van der Waals surface area contributed by atoms with Crippen molar-refractivity contribution >= 4 is 23.3 Å². The molecule has 0 spiro atoms. The SMILES string of the molecule is CC(C)(C)OC(=O)CN1CCC(C(=O)Nc2ccc3c(c2)C(c2ccc(F)cc2)=NC3)C1. The third-order valence-corrected chi connectivity index (χ3v) is 5.57. The molecule has 2 aliphatic heterocycles.